The lowest BCUT2D eigenvalue weighted by atomic mass is 9.98. The Morgan fingerprint density at radius 1 is 1.62 bits per heavy atom. The lowest BCUT2D eigenvalue weighted by molar-refractivity contribution is 0.0627. The highest BCUT2D eigenvalue weighted by Crippen LogP contribution is 2.24. The van der Waals surface area contributed by atoms with Crippen LogP contribution in [0.2, 0.25) is 0 Å². The van der Waals surface area contributed by atoms with Crippen LogP contribution in [-0.2, 0) is 6.42 Å². The molecule has 0 amide bonds. The molecule has 1 unspecified atom stereocenters. The van der Waals surface area contributed by atoms with Crippen LogP contribution < -0.4 is 5.32 Å². The van der Waals surface area contributed by atoms with Gasteiger partial charge >= 0.3 is 0 Å². The molecule has 0 aliphatic carbocycles. The van der Waals surface area contributed by atoms with Crippen molar-refractivity contribution >= 4 is 11.3 Å². The van der Waals surface area contributed by atoms with Crippen LogP contribution in [0.25, 0.3) is 0 Å². The van der Waals surface area contributed by atoms with E-state index in [9.17, 15) is 5.11 Å². The molecule has 1 aromatic rings. The molecule has 2 rings (SSSR count). The van der Waals surface area contributed by atoms with E-state index in [-0.39, 0.29) is 0 Å². The van der Waals surface area contributed by atoms with Crippen molar-refractivity contribution in [2.75, 3.05) is 13.1 Å². The second-order valence-electron chi connectivity index (χ2n) is 3.84. The van der Waals surface area contributed by atoms with Crippen LogP contribution in [0, 0.1) is 6.92 Å². The molecule has 13 heavy (non-hydrogen) atoms. The average Bonchev–Trinajstić information content (AvgIpc) is 2.62. The summed E-state index contributed by atoms with van der Waals surface area (Å²) in [6, 6.07) is 4.24. The number of nitrogens with one attached hydrogen (secondary N) is 1. The zero-order chi connectivity index (χ0) is 9.31. The van der Waals surface area contributed by atoms with Gasteiger partial charge in [-0.15, -0.1) is 11.3 Å². The smallest absolute Gasteiger partial charge is 0.0831 e. The van der Waals surface area contributed by atoms with E-state index in [1.54, 1.807) is 11.3 Å². The van der Waals surface area contributed by atoms with Crippen LogP contribution in [0.1, 0.15) is 16.2 Å². The van der Waals surface area contributed by atoms with Crippen molar-refractivity contribution in [3.05, 3.63) is 21.9 Å². The van der Waals surface area contributed by atoms with E-state index in [1.165, 1.54) is 9.75 Å². The summed E-state index contributed by atoms with van der Waals surface area (Å²) in [5.41, 5.74) is -0.489. The van der Waals surface area contributed by atoms with Crippen LogP contribution in [0.3, 0.4) is 0 Å². The predicted molar refractivity (Wildman–Crippen MR) is 55.2 cm³/mol. The third-order valence-corrected chi connectivity index (χ3v) is 3.52. The van der Waals surface area contributed by atoms with Crippen molar-refractivity contribution in [3.63, 3.8) is 0 Å². The van der Waals surface area contributed by atoms with Crippen LogP contribution in [0.5, 0.6) is 0 Å². The van der Waals surface area contributed by atoms with Crippen molar-refractivity contribution in [2.24, 2.45) is 0 Å². The molecule has 0 bridgehead atoms. The van der Waals surface area contributed by atoms with E-state index in [4.69, 9.17) is 0 Å². The molecule has 1 aliphatic heterocycles. The number of β-amino-alcohol motifs (C(OH)–C–C–N with tert-alkyl or cyclic N) is 1. The highest BCUT2D eigenvalue weighted by Gasteiger charge is 2.31. The normalized spacial score (nSPS) is 28.2. The molecule has 2 nitrogen and oxygen atoms in total. The highest BCUT2D eigenvalue weighted by molar-refractivity contribution is 7.11. The average molecular weight is 197 g/mol. The van der Waals surface area contributed by atoms with Crippen LogP contribution in [-0.4, -0.2) is 23.8 Å². The Balaban J connectivity index is 2.04. The van der Waals surface area contributed by atoms with E-state index in [0.29, 0.717) is 0 Å². The molecule has 1 atom stereocenters. The Morgan fingerprint density at radius 2 is 2.46 bits per heavy atom. The van der Waals surface area contributed by atoms with Crippen LogP contribution in [0.15, 0.2) is 12.1 Å². The van der Waals surface area contributed by atoms with Gasteiger partial charge in [0, 0.05) is 22.7 Å². The third kappa shape index (κ3) is 2.10. The Hall–Kier alpha value is -0.380. The topological polar surface area (TPSA) is 32.3 Å². The second kappa shape index (κ2) is 3.40. The van der Waals surface area contributed by atoms with Gasteiger partial charge in [0.1, 0.15) is 0 Å². The lowest BCUT2D eigenvalue weighted by Gasteiger charge is -2.19. The largest absolute Gasteiger partial charge is 0.388 e. The molecule has 1 aromatic heterocycles. The Bertz CT molecular complexity index is 289. The zero-order valence-corrected chi connectivity index (χ0v) is 8.66. The first-order valence-electron chi connectivity index (χ1n) is 4.66. The molecule has 1 saturated heterocycles. The van der Waals surface area contributed by atoms with Crippen molar-refractivity contribution < 1.29 is 5.11 Å². The van der Waals surface area contributed by atoms with Gasteiger partial charge in [-0.2, -0.15) is 0 Å². The van der Waals surface area contributed by atoms with E-state index >= 15 is 0 Å². The maximum Gasteiger partial charge on any atom is 0.0831 e. The fourth-order valence-electron chi connectivity index (χ4n) is 1.79. The SMILES string of the molecule is Cc1ccc(CC2(O)CCNC2)s1. The van der Waals surface area contributed by atoms with E-state index in [1.807, 2.05) is 0 Å². The molecule has 0 radical (unpaired) electrons. The van der Waals surface area contributed by atoms with Gasteiger partial charge in [0.15, 0.2) is 0 Å². The summed E-state index contributed by atoms with van der Waals surface area (Å²) in [5.74, 6) is 0. The van der Waals surface area contributed by atoms with Crippen molar-refractivity contribution in [1.82, 2.24) is 5.32 Å². The number of hydrogen-bond acceptors (Lipinski definition) is 3. The molecule has 3 heteroatoms. The Kier molecular flexibility index (Phi) is 2.41. The van der Waals surface area contributed by atoms with Gasteiger partial charge in [-0.1, -0.05) is 0 Å². The second-order valence-corrected chi connectivity index (χ2v) is 5.21. The highest BCUT2D eigenvalue weighted by atomic mass is 32.1. The number of aryl methyl sites for hydroxylation is 1. The summed E-state index contributed by atoms with van der Waals surface area (Å²) < 4.78 is 0. The molecule has 2 N–H and O–H groups in total. The molecular weight excluding hydrogens is 182 g/mol. The van der Waals surface area contributed by atoms with Gasteiger partial charge in [-0.05, 0) is 32.0 Å². The maximum atomic E-state index is 10.1. The van der Waals surface area contributed by atoms with Gasteiger partial charge in [-0.25, -0.2) is 0 Å². The minimum Gasteiger partial charge on any atom is -0.388 e. The fraction of sp³-hybridized carbons (Fsp3) is 0.600. The Morgan fingerprint density at radius 3 is 3.00 bits per heavy atom. The third-order valence-electron chi connectivity index (χ3n) is 2.52. The quantitative estimate of drug-likeness (QED) is 0.749. The number of aliphatic hydroxyl groups is 1. The maximum absolute atomic E-state index is 10.1. The first-order valence-corrected chi connectivity index (χ1v) is 5.48. The van der Waals surface area contributed by atoms with E-state index in [0.717, 1.165) is 25.9 Å². The minimum absolute atomic E-state index is 0.489. The molecule has 2 heterocycles. The predicted octanol–water partition coefficient (Wildman–Crippen LogP) is 1.32. The molecular formula is C10H15NOS. The Labute approximate surface area is 82.6 Å². The van der Waals surface area contributed by atoms with Crippen LogP contribution >= 0.6 is 11.3 Å². The zero-order valence-electron chi connectivity index (χ0n) is 7.84. The lowest BCUT2D eigenvalue weighted by Crippen LogP contribution is -2.33. The molecule has 0 aromatic carbocycles. The molecule has 72 valence electrons. The van der Waals surface area contributed by atoms with Gasteiger partial charge in [0.25, 0.3) is 0 Å². The fourth-order valence-corrected chi connectivity index (χ4v) is 2.81. The summed E-state index contributed by atoms with van der Waals surface area (Å²) in [7, 11) is 0. The van der Waals surface area contributed by atoms with Gasteiger partial charge in [-0.3, -0.25) is 0 Å². The van der Waals surface area contributed by atoms with E-state index in [2.05, 4.69) is 24.4 Å². The molecule has 1 fully saturated rings. The van der Waals surface area contributed by atoms with Crippen molar-refractivity contribution in [3.8, 4) is 0 Å². The summed E-state index contributed by atoms with van der Waals surface area (Å²) in [5, 5.41) is 13.3. The monoisotopic (exact) mass is 197 g/mol. The van der Waals surface area contributed by atoms with Gasteiger partial charge in [0.05, 0.1) is 5.60 Å². The van der Waals surface area contributed by atoms with Crippen molar-refractivity contribution in [2.45, 2.75) is 25.4 Å². The van der Waals surface area contributed by atoms with Crippen molar-refractivity contribution in [1.29, 1.82) is 0 Å². The minimum atomic E-state index is -0.489. The van der Waals surface area contributed by atoms with E-state index < -0.39 is 5.60 Å². The summed E-state index contributed by atoms with van der Waals surface area (Å²) in [4.78, 5) is 2.62. The number of rotatable bonds is 2. The molecule has 0 spiro atoms. The summed E-state index contributed by atoms with van der Waals surface area (Å²) >= 11 is 1.79. The molecule has 1 aliphatic rings. The number of hydrogen-bond donors (Lipinski definition) is 2. The summed E-state index contributed by atoms with van der Waals surface area (Å²) in [6.07, 6.45) is 1.68. The van der Waals surface area contributed by atoms with Crippen LogP contribution in [0.4, 0.5) is 0 Å². The first-order chi connectivity index (χ1) is 6.18. The number of thiophene rings is 1. The first kappa shape index (κ1) is 9.19. The van der Waals surface area contributed by atoms with Gasteiger partial charge < -0.3 is 10.4 Å². The van der Waals surface area contributed by atoms with Gasteiger partial charge in [0.2, 0.25) is 0 Å². The standard InChI is InChI=1S/C10H15NOS/c1-8-2-3-9(13-8)6-10(12)4-5-11-7-10/h2-3,11-12H,4-7H2,1H3. The molecule has 0 saturated carbocycles. The summed E-state index contributed by atoms with van der Waals surface area (Å²) in [6.45, 7) is 3.79.